The molecule has 0 spiro atoms. The van der Waals surface area contributed by atoms with Crippen LogP contribution in [0.2, 0.25) is 0 Å². The molecule has 1 N–H and O–H groups in total. The third-order valence-electron chi connectivity index (χ3n) is 2.58. The molecule has 0 aliphatic heterocycles. The van der Waals surface area contributed by atoms with Gasteiger partial charge in [0.1, 0.15) is 0 Å². The number of nitrogens with zero attached hydrogens (tertiary/aromatic N) is 2. The normalized spacial score (nSPS) is 11.6. The SMILES string of the molecule is CNC(C)C(=O)N(CCC#N)c1ccccc1. The first kappa shape index (κ1) is 13.2. The zero-order valence-corrected chi connectivity index (χ0v) is 10.2. The summed E-state index contributed by atoms with van der Waals surface area (Å²) in [6, 6.07) is 11.2. The van der Waals surface area contributed by atoms with E-state index in [1.54, 1.807) is 11.9 Å². The lowest BCUT2D eigenvalue weighted by molar-refractivity contribution is -0.120. The van der Waals surface area contributed by atoms with Gasteiger partial charge in [0, 0.05) is 12.2 Å². The Kier molecular flexibility index (Phi) is 5.18. The predicted molar refractivity (Wildman–Crippen MR) is 67.5 cm³/mol. The zero-order valence-electron chi connectivity index (χ0n) is 10.2. The summed E-state index contributed by atoms with van der Waals surface area (Å²) < 4.78 is 0. The summed E-state index contributed by atoms with van der Waals surface area (Å²) in [5.41, 5.74) is 0.829. The van der Waals surface area contributed by atoms with Crippen molar-refractivity contribution in [2.45, 2.75) is 19.4 Å². The second-order valence-corrected chi connectivity index (χ2v) is 3.74. The fourth-order valence-electron chi connectivity index (χ4n) is 1.49. The van der Waals surface area contributed by atoms with Crippen LogP contribution in [0, 0.1) is 11.3 Å². The summed E-state index contributed by atoms with van der Waals surface area (Å²) in [6.07, 6.45) is 0.330. The highest BCUT2D eigenvalue weighted by Crippen LogP contribution is 2.14. The molecule has 1 aromatic rings. The van der Waals surface area contributed by atoms with E-state index in [0.717, 1.165) is 5.69 Å². The molecule has 1 unspecified atom stereocenters. The lowest BCUT2D eigenvalue weighted by Crippen LogP contribution is -2.44. The lowest BCUT2D eigenvalue weighted by Gasteiger charge is -2.24. The van der Waals surface area contributed by atoms with E-state index in [1.165, 1.54) is 0 Å². The van der Waals surface area contributed by atoms with Crippen molar-refractivity contribution in [1.82, 2.24) is 5.32 Å². The number of carbonyl (C=O) groups excluding carboxylic acids is 1. The second kappa shape index (κ2) is 6.66. The molecular formula is C13H17N3O. The Morgan fingerprint density at radius 2 is 2.12 bits per heavy atom. The van der Waals surface area contributed by atoms with Crippen LogP contribution in [0.4, 0.5) is 5.69 Å². The van der Waals surface area contributed by atoms with Gasteiger partial charge in [-0.15, -0.1) is 0 Å². The van der Waals surface area contributed by atoms with Crippen LogP contribution in [-0.2, 0) is 4.79 Å². The van der Waals surface area contributed by atoms with Crippen LogP contribution in [0.1, 0.15) is 13.3 Å². The molecule has 1 amide bonds. The highest BCUT2D eigenvalue weighted by Gasteiger charge is 2.19. The lowest BCUT2D eigenvalue weighted by atomic mass is 10.2. The van der Waals surface area contributed by atoms with Crippen LogP contribution in [0.3, 0.4) is 0 Å². The van der Waals surface area contributed by atoms with Crippen LogP contribution in [0.15, 0.2) is 30.3 Å². The Bertz CT molecular complexity index is 397. The van der Waals surface area contributed by atoms with E-state index in [1.807, 2.05) is 37.3 Å². The number of hydrogen-bond acceptors (Lipinski definition) is 3. The molecular weight excluding hydrogens is 214 g/mol. The van der Waals surface area contributed by atoms with E-state index in [0.29, 0.717) is 13.0 Å². The molecule has 90 valence electrons. The van der Waals surface area contributed by atoms with E-state index >= 15 is 0 Å². The van der Waals surface area contributed by atoms with Crippen molar-refractivity contribution >= 4 is 11.6 Å². The molecule has 17 heavy (non-hydrogen) atoms. The van der Waals surface area contributed by atoms with Gasteiger partial charge >= 0.3 is 0 Å². The van der Waals surface area contributed by atoms with Gasteiger partial charge in [0.15, 0.2) is 0 Å². The summed E-state index contributed by atoms with van der Waals surface area (Å²) in [4.78, 5) is 13.8. The fraction of sp³-hybridized carbons (Fsp3) is 0.385. The first-order valence-corrected chi connectivity index (χ1v) is 5.61. The fourth-order valence-corrected chi connectivity index (χ4v) is 1.49. The van der Waals surface area contributed by atoms with Crippen molar-refractivity contribution in [3.8, 4) is 6.07 Å². The smallest absolute Gasteiger partial charge is 0.243 e. The quantitative estimate of drug-likeness (QED) is 0.836. The summed E-state index contributed by atoms with van der Waals surface area (Å²) in [7, 11) is 1.75. The van der Waals surface area contributed by atoms with Crippen LogP contribution in [0.25, 0.3) is 0 Å². The molecule has 0 saturated heterocycles. The minimum absolute atomic E-state index is 0.0195. The summed E-state index contributed by atoms with van der Waals surface area (Å²) in [5, 5.41) is 11.6. The Balaban J connectivity index is 2.89. The standard InChI is InChI=1S/C13H17N3O/c1-11(15-2)13(17)16(10-6-9-14)12-7-4-3-5-8-12/h3-5,7-8,11,15H,6,10H2,1-2H3. The van der Waals surface area contributed by atoms with Gasteiger partial charge in [-0.05, 0) is 26.1 Å². The minimum atomic E-state index is -0.256. The molecule has 0 bridgehead atoms. The molecule has 1 aromatic carbocycles. The summed E-state index contributed by atoms with van der Waals surface area (Å²) in [6.45, 7) is 2.23. The van der Waals surface area contributed by atoms with Crippen molar-refractivity contribution < 1.29 is 4.79 Å². The number of nitriles is 1. The number of benzene rings is 1. The van der Waals surface area contributed by atoms with Crippen molar-refractivity contribution in [2.75, 3.05) is 18.5 Å². The molecule has 0 fully saturated rings. The highest BCUT2D eigenvalue weighted by molar-refractivity contribution is 5.96. The number of carbonyl (C=O) groups is 1. The molecule has 0 radical (unpaired) electrons. The molecule has 0 saturated carbocycles. The van der Waals surface area contributed by atoms with Gasteiger partial charge in [0.2, 0.25) is 5.91 Å². The minimum Gasteiger partial charge on any atom is -0.310 e. The molecule has 4 heteroatoms. The van der Waals surface area contributed by atoms with Gasteiger partial charge in [0.05, 0.1) is 18.5 Å². The van der Waals surface area contributed by atoms with Crippen molar-refractivity contribution in [2.24, 2.45) is 0 Å². The number of anilines is 1. The average Bonchev–Trinajstić information content (AvgIpc) is 2.39. The van der Waals surface area contributed by atoms with E-state index in [4.69, 9.17) is 5.26 Å². The Morgan fingerprint density at radius 1 is 1.47 bits per heavy atom. The van der Waals surface area contributed by atoms with Crippen LogP contribution in [0.5, 0.6) is 0 Å². The molecule has 0 aliphatic rings. The first-order valence-electron chi connectivity index (χ1n) is 5.61. The Morgan fingerprint density at radius 3 is 2.65 bits per heavy atom. The van der Waals surface area contributed by atoms with Crippen LogP contribution >= 0.6 is 0 Å². The van der Waals surface area contributed by atoms with Gasteiger partial charge in [-0.1, -0.05) is 18.2 Å². The third-order valence-corrected chi connectivity index (χ3v) is 2.58. The Hall–Kier alpha value is -1.86. The zero-order chi connectivity index (χ0) is 12.7. The summed E-state index contributed by atoms with van der Waals surface area (Å²) in [5.74, 6) is -0.0195. The first-order chi connectivity index (χ1) is 8.20. The number of hydrogen-bond donors (Lipinski definition) is 1. The van der Waals surface area contributed by atoms with E-state index in [9.17, 15) is 4.79 Å². The molecule has 1 rings (SSSR count). The largest absolute Gasteiger partial charge is 0.310 e. The van der Waals surface area contributed by atoms with E-state index in [2.05, 4.69) is 11.4 Å². The molecule has 0 aromatic heterocycles. The number of nitrogens with one attached hydrogen (secondary N) is 1. The van der Waals surface area contributed by atoms with E-state index in [-0.39, 0.29) is 11.9 Å². The topological polar surface area (TPSA) is 56.1 Å². The molecule has 4 nitrogen and oxygen atoms in total. The average molecular weight is 231 g/mol. The number of para-hydroxylation sites is 1. The van der Waals surface area contributed by atoms with Crippen molar-refractivity contribution in [1.29, 1.82) is 5.26 Å². The maximum atomic E-state index is 12.1. The molecule has 0 aliphatic carbocycles. The predicted octanol–water partition coefficient (Wildman–Crippen LogP) is 1.54. The van der Waals surface area contributed by atoms with Gasteiger partial charge in [-0.25, -0.2) is 0 Å². The number of likely N-dealkylation sites (N-methyl/N-ethyl adjacent to an activating group) is 1. The third kappa shape index (κ3) is 3.58. The van der Waals surface area contributed by atoms with Crippen LogP contribution < -0.4 is 10.2 Å². The second-order valence-electron chi connectivity index (χ2n) is 3.74. The highest BCUT2D eigenvalue weighted by atomic mass is 16.2. The van der Waals surface area contributed by atoms with Crippen molar-refractivity contribution in [3.05, 3.63) is 30.3 Å². The number of rotatable bonds is 5. The number of amides is 1. The van der Waals surface area contributed by atoms with Crippen molar-refractivity contribution in [3.63, 3.8) is 0 Å². The van der Waals surface area contributed by atoms with Gasteiger partial charge in [0.25, 0.3) is 0 Å². The molecule has 0 heterocycles. The molecule has 1 atom stereocenters. The Labute approximate surface area is 102 Å². The van der Waals surface area contributed by atoms with Gasteiger partial charge in [-0.3, -0.25) is 4.79 Å². The summed E-state index contributed by atoms with van der Waals surface area (Å²) >= 11 is 0. The van der Waals surface area contributed by atoms with Gasteiger partial charge < -0.3 is 10.2 Å². The monoisotopic (exact) mass is 231 g/mol. The van der Waals surface area contributed by atoms with E-state index < -0.39 is 0 Å². The van der Waals surface area contributed by atoms with Crippen LogP contribution in [-0.4, -0.2) is 25.5 Å². The maximum Gasteiger partial charge on any atom is 0.243 e. The van der Waals surface area contributed by atoms with Gasteiger partial charge in [-0.2, -0.15) is 5.26 Å². The maximum absolute atomic E-state index is 12.1.